The number of nitrogen functional groups attached to an aromatic ring is 1. The summed E-state index contributed by atoms with van der Waals surface area (Å²) < 4.78 is 4.72. The van der Waals surface area contributed by atoms with E-state index >= 15 is 0 Å². The van der Waals surface area contributed by atoms with Crippen LogP contribution < -0.4 is 11.1 Å². The van der Waals surface area contributed by atoms with E-state index in [1.165, 1.54) is 23.3 Å². The van der Waals surface area contributed by atoms with Gasteiger partial charge in [-0.05, 0) is 5.56 Å². The molecule has 4 nitrogen and oxygen atoms in total. The van der Waals surface area contributed by atoms with Crippen molar-refractivity contribution < 1.29 is 14.8 Å². The number of rotatable bonds is 1. The zero-order valence-corrected chi connectivity index (χ0v) is 8.82. The lowest BCUT2D eigenvalue weighted by molar-refractivity contribution is -0.672. The van der Waals surface area contributed by atoms with Crippen LogP contribution in [0.25, 0.3) is 0 Å². The van der Waals surface area contributed by atoms with E-state index in [1.807, 2.05) is 0 Å². The molecule has 1 aromatic rings. The van der Waals surface area contributed by atoms with Crippen LogP contribution in [0.3, 0.4) is 0 Å². The fourth-order valence-electron chi connectivity index (χ4n) is 1.77. The third kappa shape index (κ3) is 1.38. The van der Waals surface area contributed by atoms with Crippen molar-refractivity contribution in [3.05, 3.63) is 16.0 Å². The van der Waals surface area contributed by atoms with Gasteiger partial charge in [0, 0.05) is 6.42 Å². The molecule has 4 N–H and O–H groups in total. The van der Waals surface area contributed by atoms with E-state index in [1.54, 1.807) is 0 Å². The van der Waals surface area contributed by atoms with Crippen LogP contribution in [-0.2, 0) is 17.7 Å². The molecule has 1 aliphatic rings. The minimum Gasteiger partial charge on any atom is -0.465 e. The molecule has 1 aromatic heterocycles. The number of ether oxygens (including phenoxy) is 1. The fourth-order valence-corrected chi connectivity index (χ4v) is 2.87. The summed E-state index contributed by atoms with van der Waals surface area (Å²) in [4.78, 5) is 12.7. The Hall–Kier alpha value is -1.07. The third-order valence-corrected chi connectivity index (χ3v) is 3.52. The Morgan fingerprint density at radius 1 is 1.64 bits per heavy atom. The number of anilines is 1. The van der Waals surface area contributed by atoms with Crippen LogP contribution >= 0.6 is 11.3 Å². The van der Waals surface area contributed by atoms with Gasteiger partial charge in [-0.15, -0.1) is 11.3 Å². The molecular formula is C9H13N2O2S+. The van der Waals surface area contributed by atoms with Crippen LogP contribution in [-0.4, -0.2) is 19.6 Å². The Bertz CT molecular complexity index is 373. The zero-order chi connectivity index (χ0) is 10.1. The molecule has 0 aliphatic carbocycles. The van der Waals surface area contributed by atoms with E-state index in [0.717, 1.165) is 25.1 Å². The van der Waals surface area contributed by atoms with Crippen molar-refractivity contribution in [1.82, 2.24) is 0 Å². The molecule has 0 radical (unpaired) electrons. The molecule has 0 atom stereocenters. The number of methoxy groups -OCH3 is 1. The highest BCUT2D eigenvalue weighted by Gasteiger charge is 2.25. The Kier molecular flexibility index (Phi) is 2.43. The number of hydrogen-bond donors (Lipinski definition) is 2. The van der Waals surface area contributed by atoms with Crippen molar-refractivity contribution in [1.29, 1.82) is 0 Å². The average molecular weight is 213 g/mol. The van der Waals surface area contributed by atoms with Crippen molar-refractivity contribution in [3.63, 3.8) is 0 Å². The van der Waals surface area contributed by atoms with Crippen LogP contribution in [0.5, 0.6) is 0 Å². The number of thiophene rings is 1. The fraction of sp³-hybridized carbons (Fsp3) is 0.444. The maximum Gasteiger partial charge on any atom is 0.341 e. The van der Waals surface area contributed by atoms with Crippen LogP contribution in [0.4, 0.5) is 5.00 Å². The molecule has 5 heteroatoms. The third-order valence-electron chi connectivity index (χ3n) is 2.44. The predicted octanol–water partition coefficient (Wildman–Crippen LogP) is -0.264. The van der Waals surface area contributed by atoms with Gasteiger partial charge in [-0.2, -0.15) is 0 Å². The van der Waals surface area contributed by atoms with Crippen LogP contribution in [0, 0.1) is 0 Å². The van der Waals surface area contributed by atoms with Crippen molar-refractivity contribution in [3.8, 4) is 0 Å². The standard InChI is InChI=1S/C9H12N2O2S/c1-13-9(12)7-5-2-3-11-4-6(5)14-8(7)10/h11H,2-4,10H2,1H3/p+1. The van der Waals surface area contributed by atoms with Gasteiger partial charge in [0.15, 0.2) is 0 Å². The molecule has 2 heterocycles. The molecule has 0 amide bonds. The molecular weight excluding hydrogens is 200 g/mol. The number of esters is 1. The largest absolute Gasteiger partial charge is 0.465 e. The predicted molar refractivity (Wildman–Crippen MR) is 54.3 cm³/mol. The maximum atomic E-state index is 11.5. The maximum absolute atomic E-state index is 11.5. The zero-order valence-electron chi connectivity index (χ0n) is 8.00. The van der Waals surface area contributed by atoms with Gasteiger partial charge in [0.1, 0.15) is 11.5 Å². The van der Waals surface area contributed by atoms with Gasteiger partial charge in [0.05, 0.1) is 24.1 Å². The molecule has 0 unspecified atom stereocenters. The monoisotopic (exact) mass is 213 g/mol. The molecule has 0 bridgehead atoms. The van der Waals surface area contributed by atoms with Gasteiger partial charge in [0.2, 0.25) is 0 Å². The number of nitrogens with two attached hydrogens (primary N) is 2. The summed E-state index contributed by atoms with van der Waals surface area (Å²) in [5.41, 5.74) is 7.50. The summed E-state index contributed by atoms with van der Waals surface area (Å²) in [6.07, 6.45) is 0.910. The lowest BCUT2D eigenvalue weighted by Crippen LogP contribution is -2.84. The number of carbonyl (C=O) groups excluding carboxylic acids is 1. The van der Waals surface area contributed by atoms with E-state index in [4.69, 9.17) is 10.5 Å². The Morgan fingerprint density at radius 2 is 2.43 bits per heavy atom. The molecule has 0 saturated carbocycles. The van der Waals surface area contributed by atoms with Crippen molar-refractivity contribution in [2.45, 2.75) is 13.0 Å². The number of hydrogen-bond acceptors (Lipinski definition) is 4. The highest BCUT2D eigenvalue weighted by molar-refractivity contribution is 7.16. The highest BCUT2D eigenvalue weighted by atomic mass is 32.1. The SMILES string of the molecule is COC(=O)c1c(N)sc2c1CC[NH2+]C2. The second kappa shape index (κ2) is 3.59. The van der Waals surface area contributed by atoms with Crippen molar-refractivity contribution in [2.24, 2.45) is 0 Å². The van der Waals surface area contributed by atoms with Gasteiger partial charge in [-0.25, -0.2) is 4.79 Å². The van der Waals surface area contributed by atoms with Crippen LogP contribution in [0.2, 0.25) is 0 Å². The summed E-state index contributed by atoms with van der Waals surface area (Å²) in [7, 11) is 1.39. The summed E-state index contributed by atoms with van der Waals surface area (Å²) in [5.74, 6) is -0.304. The Morgan fingerprint density at radius 3 is 3.14 bits per heavy atom. The first-order valence-electron chi connectivity index (χ1n) is 4.54. The second-order valence-corrected chi connectivity index (χ2v) is 4.40. The lowest BCUT2D eigenvalue weighted by atomic mass is 10.0. The summed E-state index contributed by atoms with van der Waals surface area (Å²) in [5, 5.41) is 2.82. The van der Waals surface area contributed by atoms with E-state index in [2.05, 4.69) is 5.32 Å². The molecule has 1 aliphatic heterocycles. The molecule has 0 spiro atoms. The topological polar surface area (TPSA) is 68.9 Å². The van der Waals surface area contributed by atoms with Gasteiger partial charge in [-0.1, -0.05) is 0 Å². The highest BCUT2D eigenvalue weighted by Crippen LogP contribution is 2.32. The Balaban J connectivity index is 2.47. The molecule has 14 heavy (non-hydrogen) atoms. The van der Waals surface area contributed by atoms with Gasteiger partial charge in [0.25, 0.3) is 0 Å². The Labute approximate surface area is 86.1 Å². The van der Waals surface area contributed by atoms with Crippen LogP contribution in [0.1, 0.15) is 20.8 Å². The average Bonchev–Trinajstić information content (AvgIpc) is 2.53. The second-order valence-electron chi connectivity index (χ2n) is 3.27. The molecule has 0 saturated heterocycles. The van der Waals surface area contributed by atoms with E-state index in [-0.39, 0.29) is 5.97 Å². The van der Waals surface area contributed by atoms with Crippen molar-refractivity contribution in [2.75, 3.05) is 19.4 Å². The number of fused-ring (bicyclic) bond motifs is 1. The van der Waals surface area contributed by atoms with E-state index in [0.29, 0.717) is 10.6 Å². The van der Waals surface area contributed by atoms with E-state index in [9.17, 15) is 4.79 Å². The van der Waals surface area contributed by atoms with Gasteiger partial charge in [-0.3, -0.25) is 0 Å². The number of carbonyl (C=O) groups is 1. The van der Waals surface area contributed by atoms with E-state index < -0.39 is 0 Å². The van der Waals surface area contributed by atoms with Crippen molar-refractivity contribution >= 4 is 22.3 Å². The first kappa shape index (κ1) is 9.48. The normalized spacial score (nSPS) is 14.9. The molecule has 76 valence electrons. The van der Waals surface area contributed by atoms with Gasteiger partial charge >= 0.3 is 5.97 Å². The molecule has 0 aromatic carbocycles. The summed E-state index contributed by atoms with van der Waals surface area (Å²) in [6.45, 7) is 1.95. The summed E-state index contributed by atoms with van der Waals surface area (Å²) in [6, 6.07) is 0. The molecule has 0 fully saturated rings. The number of quaternary nitrogens is 1. The lowest BCUT2D eigenvalue weighted by Gasteiger charge is -2.10. The minimum atomic E-state index is -0.304. The first-order valence-corrected chi connectivity index (χ1v) is 5.35. The van der Waals surface area contributed by atoms with Crippen LogP contribution in [0.15, 0.2) is 0 Å². The first-order chi connectivity index (χ1) is 6.74. The minimum absolute atomic E-state index is 0.304. The smallest absolute Gasteiger partial charge is 0.341 e. The summed E-state index contributed by atoms with van der Waals surface area (Å²) >= 11 is 1.51. The quantitative estimate of drug-likeness (QED) is 0.631. The molecule has 2 rings (SSSR count). The van der Waals surface area contributed by atoms with Gasteiger partial charge < -0.3 is 15.8 Å².